The van der Waals surface area contributed by atoms with Crippen LogP contribution in [0.4, 0.5) is 4.39 Å². The Morgan fingerprint density at radius 2 is 1.88 bits per heavy atom. The minimum absolute atomic E-state index is 0.153. The Bertz CT molecular complexity index is 859. The van der Waals surface area contributed by atoms with E-state index in [-0.39, 0.29) is 18.1 Å². The van der Waals surface area contributed by atoms with Crippen molar-refractivity contribution in [3.05, 3.63) is 88.7 Å². The lowest BCUT2D eigenvalue weighted by Crippen LogP contribution is -2.32. The lowest BCUT2D eigenvalue weighted by atomic mass is 10.0. The molecule has 6 heteroatoms. The molecule has 0 saturated carbocycles. The van der Waals surface area contributed by atoms with Gasteiger partial charge in [0.2, 0.25) is 5.91 Å². The van der Waals surface area contributed by atoms with Crippen LogP contribution in [0, 0.1) is 5.82 Å². The molecule has 0 saturated heterocycles. The maximum Gasteiger partial charge on any atom is 0.225 e. The molecular weight excluding hydrogens is 341 g/mol. The Morgan fingerprint density at radius 3 is 2.48 bits per heavy atom. The van der Waals surface area contributed by atoms with Crippen LogP contribution in [0.2, 0.25) is 5.02 Å². The van der Waals surface area contributed by atoms with Gasteiger partial charge in [0.1, 0.15) is 17.7 Å². The van der Waals surface area contributed by atoms with E-state index in [2.05, 4.69) is 10.3 Å². The molecule has 1 N–H and O–H groups in total. The number of rotatable bonds is 5. The van der Waals surface area contributed by atoms with Gasteiger partial charge in [-0.2, -0.15) is 0 Å². The van der Waals surface area contributed by atoms with Crippen molar-refractivity contribution < 1.29 is 9.18 Å². The molecule has 1 aromatic heterocycles. The van der Waals surface area contributed by atoms with E-state index in [4.69, 9.17) is 11.6 Å². The zero-order valence-electron chi connectivity index (χ0n) is 13.6. The van der Waals surface area contributed by atoms with Gasteiger partial charge in [0.25, 0.3) is 0 Å². The van der Waals surface area contributed by atoms with Crippen molar-refractivity contribution in [1.82, 2.24) is 14.9 Å². The zero-order chi connectivity index (χ0) is 17.8. The van der Waals surface area contributed by atoms with Gasteiger partial charge in [-0.3, -0.25) is 4.79 Å². The number of imidazole rings is 1. The highest BCUT2D eigenvalue weighted by atomic mass is 35.5. The molecule has 4 nitrogen and oxygen atoms in total. The fraction of sp³-hybridized carbons (Fsp3) is 0.158. The van der Waals surface area contributed by atoms with E-state index in [0.717, 1.165) is 11.1 Å². The highest BCUT2D eigenvalue weighted by Gasteiger charge is 2.20. The fourth-order valence-electron chi connectivity index (χ4n) is 2.61. The van der Waals surface area contributed by atoms with Crippen LogP contribution in [-0.4, -0.2) is 15.5 Å². The molecule has 0 bridgehead atoms. The van der Waals surface area contributed by atoms with Crippen molar-refractivity contribution in [1.29, 1.82) is 0 Å². The summed E-state index contributed by atoms with van der Waals surface area (Å²) < 4.78 is 15.1. The van der Waals surface area contributed by atoms with Crippen LogP contribution >= 0.6 is 11.6 Å². The molecule has 0 aliphatic carbocycles. The first kappa shape index (κ1) is 17.2. The highest BCUT2D eigenvalue weighted by molar-refractivity contribution is 6.30. The number of nitrogens with zero attached hydrogens (tertiary/aromatic N) is 2. The van der Waals surface area contributed by atoms with Crippen molar-refractivity contribution in [2.24, 2.45) is 7.05 Å². The van der Waals surface area contributed by atoms with Crippen LogP contribution in [0.25, 0.3) is 0 Å². The van der Waals surface area contributed by atoms with E-state index in [0.29, 0.717) is 10.8 Å². The lowest BCUT2D eigenvalue weighted by Gasteiger charge is -2.19. The van der Waals surface area contributed by atoms with E-state index in [1.165, 1.54) is 12.1 Å². The molecule has 1 atom stereocenters. The first-order valence-electron chi connectivity index (χ1n) is 7.79. The van der Waals surface area contributed by atoms with E-state index in [9.17, 15) is 9.18 Å². The molecule has 25 heavy (non-hydrogen) atoms. The molecule has 0 radical (unpaired) electrons. The minimum Gasteiger partial charge on any atom is -0.342 e. The third kappa shape index (κ3) is 4.25. The number of carbonyl (C=O) groups is 1. The Hall–Kier alpha value is -2.66. The number of aromatic nitrogens is 2. The second kappa shape index (κ2) is 7.49. The van der Waals surface area contributed by atoms with Crippen LogP contribution in [0.3, 0.4) is 0 Å². The molecule has 0 aliphatic rings. The van der Waals surface area contributed by atoms with Gasteiger partial charge < -0.3 is 9.88 Å². The second-order valence-electron chi connectivity index (χ2n) is 5.75. The molecule has 3 rings (SSSR count). The third-order valence-electron chi connectivity index (χ3n) is 3.90. The van der Waals surface area contributed by atoms with Crippen molar-refractivity contribution >= 4 is 17.5 Å². The Kier molecular flexibility index (Phi) is 5.14. The Morgan fingerprint density at radius 1 is 1.20 bits per heavy atom. The summed E-state index contributed by atoms with van der Waals surface area (Å²) in [6.45, 7) is 0. The third-order valence-corrected chi connectivity index (χ3v) is 4.16. The van der Waals surface area contributed by atoms with Crippen LogP contribution in [-0.2, 0) is 18.3 Å². The smallest absolute Gasteiger partial charge is 0.225 e. The molecule has 3 aromatic rings. The quantitative estimate of drug-likeness (QED) is 0.757. The normalized spacial score (nSPS) is 12.0. The predicted molar refractivity (Wildman–Crippen MR) is 94.7 cm³/mol. The molecule has 0 spiro atoms. The minimum atomic E-state index is -0.458. The average Bonchev–Trinajstić information content (AvgIpc) is 3.01. The van der Waals surface area contributed by atoms with E-state index in [1.807, 2.05) is 23.7 Å². The first-order valence-corrected chi connectivity index (χ1v) is 8.17. The summed E-state index contributed by atoms with van der Waals surface area (Å²) in [5.41, 5.74) is 1.62. The molecule has 0 aliphatic heterocycles. The van der Waals surface area contributed by atoms with E-state index in [1.54, 1.807) is 36.7 Å². The van der Waals surface area contributed by atoms with Crippen molar-refractivity contribution in [2.75, 3.05) is 0 Å². The van der Waals surface area contributed by atoms with Crippen molar-refractivity contribution in [2.45, 2.75) is 12.5 Å². The van der Waals surface area contributed by atoms with Crippen LogP contribution < -0.4 is 5.32 Å². The summed E-state index contributed by atoms with van der Waals surface area (Å²) in [5, 5.41) is 3.61. The van der Waals surface area contributed by atoms with Gasteiger partial charge in [0.15, 0.2) is 0 Å². The van der Waals surface area contributed by atoms with Gasteiger partial charge in [-0.05, 0) is 35.4 Å². The molecular formula is C19H17ClFN3O. The Balaban J connectivity index is 1.82. The monoisotopic (exact) mass is 357 g/mol. The molecule has 2 aromatic carbocycles. The van der Waals surface area contributed by atoms with Crippen LogP contribution in [0.1, 0.15) is 23.0 Å². The second-order valence-corrected chi connectivity index (χ2v) is 6.19. The summed E-state index contributed by atoms with van der Waals surface area (Å²) in [6.07, 6.45) is 3.69. The Labute approximate surface area is 150 Å². The number of aryl methyl sites for hydroxylation is 1. The zero-order valence-corrected chi connectivity index (χ0v) is 14.4. The van der Waals surface area contributed by atoms with E-state index < -0.39 is 6.04 Å². The number of hydrogen-bond donors (Lipinski definition) is 1. The predicted octanol–water partition coefficient (Wildman–Crippen LogP) is 3.66. The summed E-state index contributed by atoms with van der Waals surface area (Å²) in [7, 11) is 1.85. The van der Waals surface area contributed by atoms with E-state index >= 15 is 0 Å². The maximum atomic E-state index is 13.2. The average molecular weight is 358 g/mol. The summed E-state index contributed by atoms with van der Waals surface area (Å²) in [5.74, 6) is 0.200. The summed E-state index contributed by atoms with van der Waals surface area (Å²) in [4.78, 5) is 16.8. The van der Waals surface area contributed by atoms with Gasteiger partial charge in [-0.15, -0.1) is 0 Å². The number of amides is 1. The first-order chi connectivity index (χ1) is 12.0. The standard InChI is InChI=1S/C19H17ClFN3O/c1-24-11-10-22-19(24)18(14-4-8-16(21)9-5-14)23-17(25)12-13-2-6-15(20)7-3-13/h2-11,18H,12H2,1H3,(H,23,25)/t18-/m1/s1. The molecule has 1 heterocycles. The number of nitrogens with one attached hydrogen (secondary N) is 1. The number of benzene rings is 2. The fourth-order valence-corrected chi connectivity index (χ4v) is 2.73. The SMILES string of the molecule is Cn1ccnc1[C@H](NC(=O)Cc1ccc(Cl)cc1)c1ccc(F)cc1. The maximum absolute atomic E-state index is 13.2. The lowest BCUT2D eigenvalue weighted by molar-refractivity contribution is -0.121. The largest absolute Gasteiger partial charge is 0.342 e. The van der Waals surface area contributed by atoms with Gasteiger partial charge in [0, 0.05) is 24.5 Å². The van der Waals surface area contributed by atoms with Gasteiger partial charge in [0.05, 0.1) is 6.42 Å². The van der Waals surface area contributed by atoms with Gasteiger partial charge in [-0.25, -0.2) is 9.37 Å². The van der Waals surface area contributed by atoms with Gasteiger partial charge in [-0.1, -0.05) is 35.9 Å². The summed E-state index contributed by atoms with van der Waals surface area (Å²) in [6, 6.07) is 12.7. The van der Waals surface area contributed by atoms with Crippen molar-refractivity contribution in [3.63, 3.8) is 0 Å². The van der Waals surface area contributed by atoms with Crippen LogP contribution in [0.5, 0.6) is 0 Å². The number of carbonyl (C=O) groups excluding carboxylic acids is 1. The highest BCUT2D eigenvalue weighted by Crippen LogP contribution is 2.21. The van der Waals surface area contributed by atoms with Gasteiger partial charge >= 0.3 is 0 Å². The van der Waals surface area contributed by atoms with Crippen LogP contribution in [0.15, 0.2) is 60.9 Å². The number of hydrogen-bond acceptors (Lipinski definition) is 2. The molecule has 0 unspecified atom stereocenters. The molecule has 0 fully saturated rings. The molecule has 1 amide bonds. The topological polar surface area (TPSA) is 46.9 Å². The summed E-state index contributed by atoms with van der Waals surface area (Å²) >= 11 is 5.87. The molecule has 128 valence electrons. The van der Waals surface area contributed by atoms with Crippen molar-refractivity contribution in [3.8, 4) is 0 Å². The number of halogens is 2.